The number of carbonyl (C=O) groups excluding carboxylic acids is 2. The zero-order valence-corrected chi connectivity index (χ0v) is 33.1. The molecule has 6 nitrogen and oxygen atoms in total. The van der Waals surface area contributed by atoms with Crippen LogP contribution in [0.1, 0.15) is 185 Å². The lowest BCUT2D eigenvalue weighted by Gasteiger charge is -2.05. The standard InChI is InChI=1S/C45H76N2O4/c1-3-5-7-9-11-13-15-17-19-21-23-25-38-50-44(48)40-46-34-30-42(31-35-46)28-27-29-43-32-36-47(37-33-43)41-45(49)51-39-26-24-22-20-18-16-14-12-10-8-6-4-2/h30-37H,3-29,38-41H2,1-2H3/q+2. The number of nitrogens with zero attached hydrogens (tertiary/aromatic N) is 2. The van der Waals surface area contributed by atoms with Gasteiger partial charge in [-0.05, 0) is 43.2 Å². The van der Waals surface area contributed by atoms with Crippen LogP contribution in [0.4, 0.5) is 0 Å². The number of aryl methyl sites for hydroxylation is 2. The van der Waals surface area contributed by atoms with Gasteiger partial charge in [0.25, 0.3) is 0 Å². The molecule has 0 fully saturated rings. The lowest BCUT2D eigenvalue weighted by molar-refractivity contribution is -0.686. The van der Waals surface area contributed by atoms with E-state index in [1.807, 2.05) is 33.9 Å². The van der Waals surface area contributed by atoms with Crippen LogP contribution in [0.3, 0.4) is 0 Å². The molecule has 2 rings (SSSR count). The molecule has 0 spiro atoms. The fourth-order valence-electron chi connectivity index (χ4n) is 6.66. The average molecular weight is 709 g/mol. The molecule has 0 bridgehead atoms. The molecule has 0 amide bonds. The molecule has 0 aromatic carbocycles. The first kappa shape index (κ1) is 44.4. The third-order valence-electron chi connectivity index (χ3n) is 10.00. The van der Waals surface area contributed by atoms with E-state index in [4.69, 9.17) is 9.47 Å². The summed E-state index contributed by atoms with van der Waals surface area (Å²) >= 11 is 0. The first-order chi connectivity index (χ1) is 25.1. The zero-order valence-electron chi connectivity index (χ0n) is 33.1. The second-order valence-corrected chi connectivity index (χ2v) is 14.8. The predicted octanol–water partition coefficient (Wildman–Crippen LogP) is 10.9. The third-order valence-corrected chi connectivity index (χ3v) is 10.00. The van der Waals surface area contributed by atoms with E-state index in [1.54, 1.807) is 0 Å². The molecular weight excluding hydrogens is 633 g/mol. The first-order valence-electron chi connectivity index (χ1n) is 21.4. The highest BCUT2D eigenvalue weighted by molar-refractivity contribution is 5.67. The van der Waals surface area contributed by atoms with Crippen molar-refractivity contribution in [1.82, 2.24) is 0 Å². The molecule has 288 valence electrons. The Labute approximate surface area is 313 Å². The van der Waals surface area contributed by atoms with Gasteiger partial charge >= 0.3 is 11.9 Å². The van der Waals surface area contributed by atoms with E-state index < -0.39 is 0 Å². The van der Waals surface area contributed by atoms with Crippen LogP contribution in [-0.2, 0) is 45.0 Å². The first-order valence-corrected chi connectivity index (χ1v) is 21.4. The molecule has 0 aliphatic heterocycles. The highest BCUT2D eigenvalue weighted by Gasteiger charge is 2.12. The summed E-state index contributed by atoms with van der Waals surface area (Å²) in [5.41, 5.74) is 2.52. The Hall–Kier alpha value is -2.76. The zero-order chi connectivity index (χ0) is 36.5. The van der Waals surface area contributed by atoms with E-state index in [0.717, 1.165) is 44.9 Å². The van der Waals surface area contributed by atoms with Gasteiger partial charge in [0.15, 0.2) is 24.8 Å². The molecular formula is C45H76N2O4+2. The molecule has 0 N–H and O–H groups in total. The van der Waals surface area contributed by atoms with Crippen LogP contribution < -0.4 is 9.13 Å². The fraction of sp³-hybridized carbons (Fsp3) is 0.733. The van der Waals surface area contributed by atoms with Gasteiger partial charge in [0.05, 0.1) is 13.2 Å². The van der Waals surface area contributed by atoms with Gasteiger partial charge in [-0.2, -0.15) is 9.13 Å². The molecule has 0 radical (unpaired) electrons. The van der Waals surface area contributed by atoms with Crippen LogP contribution in [0.5, 0.6) is 0 Å². The summed E-state index contributed by atoms with van der Waals surface area (Å²) in [5.74, 6) is -0.324. The molecule has 6 heteroatoms. The van der Waals surface area contributed by atoms with Gasteiger partial charge in [-0.1, -0.05) is 155 Å². The second kappa shape index (κ2) is 31.9. The minimum Gasteiger partial charge on any atom is -0.461 e. The lowest BCUT2D eigenvalue weighted by Crippen LogP contribution is -2.38. The maximum absolute atomic E-state index is 12.3. The monoisotopic (exact) mass is 709 g/mol. The SMILES string of the molecule is CCCCCCCCCCCCCCOC(=O)C[n+]1ccc(CCCc2cc[n+](CC(=O)OCCCCCCCCCCCCCC)cc2)cc1. The largest absolute Gasteiger partial charge is 0.461 e. The Kier molecular flexibility index (Phi) is 27.8. The normalized spacial score (nSPS) is 11.2. The van der Waals surface area contributed by atoms with E-state index in [1.165, 1.54) is 140 Å². The smallest absolute Gasteiger partial charge is 0.372 e. The van der Waals surface area contributed by atoms with Gasteiger partial charge < -0.3 is 9.47 Å². The highest BCUT2D eigenvalue weighted by atomic mass is 16.5. The Morgan fingerprint density at radius 2 is 0.686 bits per heavy atom. The number of pyridine rings is 2. The summed E-state index contributed by atoms with van der Waals surface area (Å²) < 4.78 is 14.7. The van der Waals surface area contributed by atoms with Crippen LogP contribution in [0, 0.1) is 0 Å². The van der Waals surface area contributed by atoms with Crippen molar-refractivity contribution < 1.29 is 28.2 Å². The predicted molar refractivity (Wildman–Crippen MR) is 209 cm³/mol. The Morgan fingerprint density at radius 3 is 0.980 bits per heavy atom. The summed E-state index contributed by atoms with van der Waals surface area (Å²) in [5, 5.41) is 0. The van der Waals surface area contributed by atoms with Gasteiger partial charge in [-0.25, -0.2) is 9.59 Å². The molecule has 0 saturated heterocycles. The molecule has 0 aliphatic carbocycles. The maximum Gasteiger partial charge on any atom is 0.372 e. The molecule has 0 aliphatic rings. The fourth-order valence-corrected chi connectivity index (χ4v) is 6.66. The quantitative estimate of drug-likeness (QED) is 0.0412. The minimum atomic E-state index is -0.162. The number of hydrogen-bond acceptors (Lipinski definition) is 4. The summed E-state index contributed by atoms with van der Waals surface area (Å²) in [7, 11) is 0. The van der Waals surface area contributed by atoms with Crippen LogP contribution in [0.2, 0.25) is 0 Å². The van der Waals surface area contributed by atoms with Crippen molar-refractivity contribution in [3.8, 4) is 0 Å². The number of rotatable bonds is 34. The van der Waals surface area contributed by atoms with Crippen LogP contribution in [-0.4, -0.2) is 25.2 Å². The third kappa shape index (κ3) is 25.8. The van der Waals surface area contributed by atoms with Crippen LogP contribution in [0.25, 0.3) is 0 Å². The average Bonchev–Trinajstić information content (AvgIpc) is 3.13. The topological polar surface area (TPSA) is 60.4 Å². The molecule has 0 atom stereocenters. The Morgan fingerprint density at radius 1 is 0.412 bits per heavy atom. The van der Waals surface area contributed by atoms with Crippen LogP contribution in [0.15, 0.2) is 49.1 Å². The van der Waals surface area contributed by atoms with Crippen molar-refractivity contribution in [2.24, 2.45) is 0 Å². The van der Waals surface area contributed by atoms with Gasteiger partial charge in [0.1, 0.15) is 0 Å². The van der Waals surface area contributed by atoms with E-state index in [2.05, 4.69) is 38.1 Å². The lowest BCUT2D eigenvalue weighted by atomic mass is 10.1. The molecule has 2 aromatic heterocycles. The van der Waals surface area contributed by atoms with Crippen molar-refractivity contribution in [2.45, 2.75) is 200 Å². The summed E-state index contributed by atoms with van der Waals surface area (Å²) in [4.78, 5) is 24.6. The summed E-state index contributed by atoms with van der Waals surface area (Å²) in [6, 6.07) is 8.39. The van der Waals surface area contributed by atoms with Crippen molar-refractivity contribution in [3.05, 3.63) is 60.2 Å². The number of carbonyl (C=O) groups is 2. The van der Waals surface area contributed by atoms with E-state index in [-0.39, 0.29) is 25.0 Å². The van der Waals surface area contributed by atoms with E-state index >= 15 is 0 Å². The number of hydrogen-bond donors (Lipinski definition) is 0. The van der Waals surface area contributed by atoms with Crippen LogP contribution >= 0.6 is 0 Å². The molecule has 0 unspecified atom stereocenters. The van der Waals surface area contributed by atoms with Gasteiger partial charge in [0.2, 0.25) is 13.1 Å². The van der Waals surface area contributed by atoms with Crippen molar-refractivity contribution in [1.29, 1.82) is 0 Å². The van der Waals surface area contributed by atoms with Gasteiger partial charge in [-0.3, -0.25) is 0 Å². The highest BCUT2D eigenvalue weighted by Crippen LogP contribution is 2.13. The van der Waals surface area contributed by atoms with Crippen molar-refractivity contribution in [3.63, 3.8) is 0 Å². The van der Waals surface area contributed by atoms with E-state index in [0.29, 0.717) is 13.2 Å². The van der Waals surface area contributed by atoms with E-state index in [9.17, 15) is 9.59 Å². The summed E-state index contributed by atoms with van der Waals surface area (Å²) in [6.45, 7) is 6.11. The van der Waals surface area contributed by atoms with Crippen molar-refractivity contribution >= 4 is 11.9 Å². The summed E-state index contributed by atoms with van der Waals surface area (Å²) in [6.07, 6.45) is 42.2. The number of unbranched alkanes of at least 4 members (excludes halogenated alkanes) is 22. The number of aromatic nitrogens is 2. The van der Waals surface area contributed by atoms with Gasteiger partial charge in [0, 0.05) is 24.3 Å². The molecule has 51 heavy (non-hydrogen) atoms. The Balaban J connectivity index is 1.44. The number of ether oxygens (including phenoxy) is 2. The van der Waals surface area contributed by atoms with Crippen molar-refractivity contribution in [2.75, 3.05) is 13.2 Å². The van der Waals surface area contributed by atoms with Gasteiger partial charge in [-0.15, -0.1) is 0 Å². The Bertz CT molecular complexity index is 1010. The maximum atomic E-state index is 12.3. The minimum absolute atomic E-state index is 0.162. The second-order valence-electron chi connectivity index (χ2n) is 14.8. The molecule has 2 heterocycles. The number of esters is 2. The molecule has 2 aromatic rings. The molecule has 0 saturated carbocycles.